The number of alkyl halides is 2. The first-order chi connectivity index (χ1) is 7.65. The highest BCUT2D eigenvalue weighted by molar-refractivity contribution is 5.30. The van der Waals surface area contributed by atoms with Gasteiger partial charge in [-0.05, 0) is 30.0 Å². The topological polar surface area (TPSA) is 29.5 Å². The fourth-order valence-electron chi connectivity index (χ4n) is 1.70. The van der Waals surface area contributed by atoms with Crippen LogP contribution < -0.4 is 4.74 Å². The molecule has 1 saturated carbocycles. The Hall–Kier alpha value is -1.16. The first-order valence-electron chi connectivity index (χ1n) is 5.38. The molecule has 2 nitrogen and oxygen atoms in total. The molecular weight excluding hydrogens is 214 g/mol. The highest BCUT2D eigenvalue weighted by Gasteiger charge is 2.25. The molecule has 1 aromatic rings. The summed E-state index contributed by atoms with van der Waals surface area (Å²) in [5.74, 6) is 0.692. The number of ether oxygens (including phenoxy) is 1. The zero-order valence-corrected chi connectivity index (χ0v) is 8.77. The van der Waals surface area contributed by atoms with Crippen LogP contribution in [0.5, 0.6) is 5.75 Å². The van der Waals surface area contributed by atoms with Gasteiger partial charge in [0, 0.05) is 0 Å². The van der Waals surface area contributed by atoms with Crippen molar-refractivity contribution in [3.63, 3.8) is 0 Å². The molecule has 4 heteroatoms. The van der Waals surface area contributed by atoms with Gasteiger partial charge < -0.3 is 9.84 Å². The van der Waals surface area contributed by atoms with E-state index in [9.17, 15) is 13.9 Å². The molecule has 2 rings (SSSR count). The van der Waals surface area contributed by atoms with Crippen LogP contribution in [-0.2, 0) is 0 Å². The molecule has 0 aliphatic heterocycles. The molecule has 1 aromatic carbocycles. The number of rotatable bonds is 5. The van der Waals surface area contributed by atoms with E-state index in [4.69, 9.17) is 0 Å². The van der Waals surface area contributed by atoms with Crippen LogP contribution >= 0.6 is 0 Å². The third-order valence-corrected chi connectivity index (χ3v) is 2.72. The fourth-order valence-corrected chi connectivity index (χ4v) is 1.70. The lowest BCUT2D eigenvalue weighted by Crippen LogP contribution is -2.03. The first kappa shape index (κ1) is 11.3. The van der Waals surface area contributed by atoms with E-state index in [1.807, 2.05) is 0 Å². The Bertz CT molecular complexity index is 351. The van der Waals surface area contributed by atoms with Crippen molar-refractivity contribution in [1.82, 2.24) is 0 Å². The summed E-state index contributed by atoms with van der Waals surface area (Å²) in [6.07, 6.45) is 2.45. The third kappa shape index (κ3) is 3.17. The maximum Gasteiger partial charge on any atom is 0.387 e. The molecule has 0 amide bonds. The maximum atomic E-state index is 12.0. The second kappa shape index (κ2) is 4.78. The highest BCUT2D eigenvalue weighted by Crippen LogP contribution is 2.38. The summed E-state index contributed by atoms with van der Waals surface area (Å²) in [5, 5.41) is 9.85. The molecule has 0 saturated heterocycles. The molecule has 1 atom stereocenters. The molecule has 1 N–H and O–H groups in total. The molecule has 1 aliphatic rings. The van der Waals surface area contributed by atoms with E-state index < -0.39 is 12.7 Å². The van der Waals surface area contributed by atoms with E-state index in [-0.39, 0.29) is 5.75 Å². The summed E-state index contributed by atoms with van der Waals surface area (Å²) in [5.41, 5.74) is 0.644. The molecule has 0 heterocycles. The van der Waals surface area contributed by atoms with Gasteiger partial charge in [-0.25, -0.2) is 0 Å². The number of hydrogen-bond donors (Lipinski definition) is 1. The van der Waals surface area contributed by atoms with Crippen LogP contribution in [0.4, 0.5) is 8.78 Å². The zero-order valence-electron chi connectivity index (χ0n) is 8.77. The van der Waals surface area contributed by atoms with Gasteiger partial charge in [0.1, 0.15) is 5.75 Å². The second-order valence-electron chi connectivity index (χ2n) is 4.15. The SMILES string of the molecule is OC(CC1CC1)c1cccc(OC(F)F)c1. The van der Waals surface area contributed by atoms with Crippen molar-refractivity contribution >= 4 is 0 Å². The second-order valence-corrected chi connectivity index (χ2v) is 4.15. The first-order valence-corrected chi connectivity index (χ1v) is 5.38. The lowest BCUT2D eigenvalue weighted by molar-refractivity contribution is -0.0500. The van der Waals surface area contributed by atoms with Crippen molar-refractivity contribution in [2.24, 2.45) is 5.92 Å². The van der Waals surface area contributed by atoms with Gasteiger partial charge in [0.15, 0.2) is 0 Å². The molecular formula is C12H14F2O2. The molecule has 1 aliphatic carbocycles. The summed E-state index contributed by atoms with van der Waals surface area (Å²) in [6.45, 7) is -2.82. The summed E-state index contributed by atoms with van der Waals surface area (Å²) < 4.78 is 28.3. The molecule has 88 valence electrons. The van der Waals surface area contributed by atoms with Gasteiger partial charge in [-0.1, -0.05) is 25.0 Å². The van der Waals surface area contributed by atoms with Gasteiger partial charge >= 0.3 is 6.61 Å². The van der Waals surface area contributed by atoms with Gasteiger partial charge in [-0.3, -0.25) is 0 Å². The number of halogens is 2. The average Bonchev–Trinajstić information content (AvgIpc) is 3.01. The normalized spacial score (nSPS) is 17.5. The summed E-state index contributed by atoms with van der Waals surface area (Å²) in [7, 11) is 0. The van der Waals surface area contributed by atoms with Crippen molar-refractivity contribution in [2.45, 2.75) is 32.0 Å². The van der Waals surface area contributed by atoms with Crippen LogP contribution in [0.25, 0.3) is 0 Å². The summed E-state index contributed by atoms with van der Waals surface area (Å²) in [4.78, 5) is 0. The molecule has 16 heavy (non-hydrogen) atoms. The third-order valence-electron chi connectivity index (χ3n) is 2.72. The van der Waals surface area contributed by atoms with Crippen LogP contribution in [-0.4, -0.2) is 11.7 Å². The standard InChI is InChI=1S/C12H14F2O2/c13-12(14)16-10-3-1-2-9(7-10)11(15)6-8-4-5-8/h1-3,7-8,11-12,15H,4-6H2. The minimum atomic E-state index is -2.82. The predicted octanol–water partition coefficient (Wildman–Crippen LogP) is 3.12. The number of aliphatic hydroxyl groups is 1. The van der Waals surface area contributed by atoms with Crippen LogP contribution in [0.2, 0.25) is 0 Å². The Balaban J connectivity index is 2.01. The van der Waals surface area contributed by atoms with E-state index in [2.05, 4.69) is 4.74 Å². The van der Waals surface area contributed by atoms with Crippen LogP contribution in [0.1, 0.15) is 30.9 Å². The molecule has 1 unspecified atom stereocenters. The van der Waals surface area contributed by atoms with Gasteiger partial charge in [0.25, 0.3) is 0 Å². The summed E-state index contributed by atoms with van der Waals surface area (Å²) in [6, 6.07) is 6.27. The summed E-state index contributed by atoms with van der Waals surface area (Å²) >= 11 is 0. The minimum Gasteiger partial charge on any atom is -0.435 e. The van der Waals surface area contributed by atoms with Crippen LogP contribution in [0, 0.1) is 5.92 Å². The monoisotopic (exact) mass is 228 g/mol. The molecule has 0 spiro atoms. The van der Waals surface area contributed by atoms with E-state index in [1.165, 1.54) is 12.1 Å². The van der Waals surface area contributed by atoms with Crippen molar-refractivity contribution < 1.29 is 18.6 Å². The smallest absolute Gasteiger partial charge is 0.387 e. The molecule has 0 radical (unpaired) electrons. The van der Waals surface area contributed by atoms with Crippen molar-refractivity contribution in [3.05, 3.63) is 29.8 Å². The average molecular weight is 228 g/mol. The van der Waals surface area contributed by atoms with Gasteiger partial charge in [0.05, 0.1) is 6.10 Å². The molecule has 0 aromatic heterocycles. The van der Waals surface area contributed by atoms with E-state index in [0.717, 1.165) is 12.8 Å². The van der Waals surface area contributed by atoms with Gasteiger partial charge in [-0.15, -0.1) is 0 Å². The Morgan fingerprint density at radius 3 is 2.75 bits per heavy atom. The zero-order chi connectivity index (χ0) is 11.5. The molecule has 0 bridgehead atoms. The fraction of sp³-hybridized carbons (Fsp3) is 0.500. The lowest BCUT2D eigenvalue weighted by atomic mass is 10.0. The Morgan fingerprint density at radius 1 is 1.38 bits per heavy atom. The number of hydrogen-bond acceptors (Lipinski definition) is 2. The van der Waals surface area contributed by atoms with E-state index in [0.29, 0.717) is 17.9 Å². The quantitative estimate of drug-likeness (QED) is 0.839. The minimum absolute atomic E-state index is 0.0994. The van der Waals surface area contributed by atoms with Gasteiger partial charge in [0.2, 0.25) is 0 Å². The number of aliphatic hydroxyl groups excluding tert-OH is 1. The van der Waals surface area contributed by atoms with Crippen LogP contribution in [0.15, 0.2) is 24.3 Å². The maximum absolute atomic E-state index is 12.0. The highest BCUT2D eigenvalue weighted by atomic mass is 19.3. The Morgan fingerprint density at radius 2 is 2.12 bits per heavy atom. The lowest BCUT2D eigenvalue weighted by Gasteiger charge is -2.12. The molecule has 1 fully saturated rings. The Labute approximate surface area is 92.9 Å². The van der Waals surface area contributed by atoms with E-state index in [1.54, 1.807) is 12.1 Å². The van der Waals surface area contributed by atoms with Crippen molar-refractivity contribution in [1.29, 1.82) is 0 Å². The predicted molar refractivity (Wildman–Crippen MR) is 55.4 cm³/mol. The Kier molecular flexibility index (Phi) is 3.39. The van der Waals surface area contributed by atoms with E-state index >= 15 is 0 Å². The van der Waals surface area contributed by atoms with Crippen molar-refractivity contribution in [2.75, 3.05) is 0 Å². The largest absolute Gasteiger partial charge is 0.435 e. The van der Waals surface area contributed by atoms with Crippen molar-refractivity contribution in [3.8, 4) is 5.75 Å². The van der Waals surface area contributed by atoms with Crippen LogP contribution in [0.3, 0.4) is 0 Å². The number of benzene rings is 1. The van der Waals surface area contributed by atoms with Gasteiger partial charge in [-0.2, -0.15) is 8.78 Å².